The van der Waals surface area contributed by atoms with E-state index in [0.717, 1.165) is 22.6 Å². The highest BCUT2D eigenvalue weighted by atomic mass is 35.5. The molecule has 0 atom stereocenters. The van der Waals surface area contributed by atoms with Gasteiger partial charge in [-0.3, -0.25) is 4.79 Å². The fourth-order valence-corrected chi connectivity index (χ4v) is 2.67. The first-order chi connectivity index (χ1) is 11.2. The molecule has 0 bridgehead atoms. The molecule has 0 aromatic heterocycles. The van der Waals surface area contributed by atoms with Crippen molar-refractivity contribution >= 4 is 28.3 Å². The summed E-state index contributed by atoms with van der Waals surface area (Å²) in [6, 6.07) is 22.1. The maximum Gasteiger partial charge on any atom is 0.220 e. The van der Waals surface area contributed by atoms with Crippen molar-refractivity contribution in [3.05, 3.63) is 82.9 Å². The summed E-state index contributed by atoms with van der Waals surface area (Å²) in [5.41, 5.74) is 2.23. The minimum Gasteiger partial charge on any atom is -0.352 e. The standard InChI is InChI=1S/C20H18ClNO/c21-19-10-6-15(7-11-19)8-12-20(23)22-14-16-5-9-17-3-1-2-4-18(17)13-16/h1-7,9-11,13H,8,12,14H2,(H,22,23). The minimum atomic E-state index is 0.0631. The molecule has 116 valence electrons. The van der Waals surface area contributed by atoms with Crippen molar-refractivity contribution in [3.63, 3.8) is 0 Å². The molecule has 23 heavy (non-hydrogen) atoms. The van der Waals surface area contributed by atoms with Crippen molar-refractivity contribution in [1.29, 1.82) is 0 Å². The van der Waals surface area contributed by atoms with E-state index in [9.17, 15) is 4.79 Å². The SMILES string of the molecule is O=C(CCc1ccc(Cl)cc1)NCc1ccc2ccccc2c1. The first-order valence-electron chi connectivity index (χ1n) is 7.69. The van der Waals surface area contributed by atoms with Gasteiger partial charge in [0.25, 0.3) is 0 Å². The van der Waals surface area contributed by atoms with Crippen molar-refractivity contribution in [2.45, 2.75) is 19.4 Å². The molecule has 3 aromatic rings. The third kappa shape index (κ3) is 4.33. The van der Waals surface area contributed by atoms with Gasteiger partial charge >= 0.3 is 0 Å². The van der Waals surface area contributed by atoms with E-state index in [-0.39, 0.29) is 5.91 Å². The zero-order chi connectivity index (χ0) is 16.1. The molecule has 0 saturated heterocycles. The first kappa shape index (κ1) is 15.6. The molecule has 2 nitrogen and oxygen atoms in total. The predicted octanol–water partition coefficient (Wildman–Crippen LogP) is 4.74. The van der Waals surface area contributed by atoms with Gasteiger partial charge in [0.1, 0.15) is 0 Å². The van der Waals surface area contributed by atoms with E-state index in [1.165, 1.54) is 10.8 Å². The molecule has 1 amide bonds. The Labute approximate surface area is 141 Å². The molecular weight excluding hydrogens is 306 g/mol. The normalized spacial score (nSPS) is 10.7. The third-order valence-electron chi connectivity index (χ3n) is 3.86. The number of nitrogens with one attached hydrogen (secondary N) is 1. The molecule has 1 N–H and O–H groups in total. The quantitative estimate of drug-likeness (QED) is 0.721. The van der Waals surface area contributed by atoms with Gasteiger partial charge in [-0.25, -0.2) is 0 Å². The second-order valence-corrected chi connectivity index (χ2v) is 6.02. The zero-order valence-electron chi connectivity index (χ0n) is 12.8. The van der Waals surface area contributed by atoms with E-state index in [4.69, 9.17) is 11.6 Å². The summed E-state index contributed by atoms with van der Waals surface area (Å²) in [6.45, 7) is 0.560. The zero-order valence-corrected chi connectivity index (χ0v) is 13.5. The van der Waals surface area contributed by atoms with Crippen LogP contribution in [0.3, 0.4) is 0 Å². The molecule has 0 aliphatic heterocycles. The molecule has 0 heterocycles. The summed E-state index contributed by atoms with van der Waals surface area (Å²) >= 11 is 5.85. The maximum atomic E-state index is 12.0. The first-order valence-corrected chi connectivity index (χ1v) is 8.07. The number of carbonyl (C=O) groups excluding carboxylic acids is 1. The van der Waals surface area contributed by atoms with Crippen LogP contribution in [0.1, 0.15) is 17.5 Å². The molecule has 3 rings (SSSR count). The third-order valence-corrected chi connectivity index (χ3v) is 4.11. The minimum absolute atomic E-state index is 0.0631. The van der Waals surface area contributed by atoms with Crippen molar-refractivity contribution < 1.29 is 4.79 Å². The Morgan fingerprint density at radius 2 is 1.57 bits per heavy atom. The van der Waals surface area contributed by atoms with Gasteiger partial charge in [0.05, 0.1) is 0 Å². The second kappa shape index (κ2) is 7.30. The molecule has 0 unspecified atom stereocenters. The summed E-state index contributed by atoms with van der Waals surface area (Å²) in [4.78, 5) is 12.0. The summed E-state index contributed by atoms with van der Waals surface area (Å²) in [5.74, 6) is 0.0631. The van der Waals surface area contributed by atoms with Crippen LogP contribution >= 0.6 is 11.6 Å². The van der Waals surface area contributed by atoms with Crippen LogP contribution in [0.4, 0.5) is 0 Å². The van der Waals surface area contributed by atoms with Crippen LogP contribution in [-0.4, -0.2) is 5.91 Å². The lowest BCUT2D eigenvalue weighted by Crippen LogP contribution is -2.22. The summed E-state index contributed by atoms with van der Waals surface area (Å²) in [5, 5.41) is 6.11. The Morgan fingerprint density at radius 3 is 2.35 bits per heavy atom. The number of aryl methyl sites for hydroxylation is 1. The highest BCUT2D eigenvalue weighted by Gasteiger charge is 2.03. The summed E-state index contributed by atoms with van der Waals surface area (Å²) in [6.07, 6.45) is 1.20. The van der Waals surface area contributed by atoms with Crippen LogP contribution in [0.15, 0.2) is 66.7 Å². The van der Waals surface area contributed by atoms with E-state index < -0.39 is 0 Å². The molecular formula is C20H18ClNO. The van der Waals surface area contributed by atoms with Crippen LogP contribution in [0.2, 0.25) is 5.02 Å². The van der Waals surface area contributed by atoms with Gasteiger partial charge in [0.2, 0.25) is 5.91 Å². The van der Waals surface area contributed by atoms with Gasteiger partial charge in [0, 0.05) is 18.0 Å². The highest BCUT2D eigenvalue weighted by Crippen LogP contribution is 2.15. The Hall–Kier alpha value is -2.32. The van der Waals surface area contributed by atoms with E-state index >= 15 is 0 Å². The smallest absolute Gasteiger partial charge is 0.220 e. The fourth-order valence-electron chi connectivity index (χ4n) is 2.55. The van der Waals surface area contributed by atoms with E-state index in [0.29, 0.717) is 13.0 Å². The average Bonchev–Trinajstić information content (AvgIpc) is 2.59. The Bertz CT molecular complexity index is 811. The number of hydrogen-bond donors (Lipinski definition) is 1. The van der Waals surface area contributed by atoms with Gasteiger partial charge in [-0.05, 0) is 46.5 Å². The van der Waals surface area contributed by atoms with Crippen molar-refractivity contribution in [3.8, 4) is 0 Å². The predicted molar refractivity (Wildman–Crippen MR) is 95.6 cm³/mol. The van der Waals surface area contributed by atoms with Crippen LogP contribution in [0.25, 0.3) is 10.8 Å². The van der Waals surface area contributed by atoms with Crippen molar-refractivity contribution in [2.24, 2.45) is 0 Å². The van der Waals surface area contributed by atoms with Crippen LogP contribution in [0, 0.1) is 0 Å². The molecule has 0 aliphatic rings. The molecule has 0 fully saturated rings. The number of hydrogen-bond acceptors (Lipinski definition) is 1. The highest BCUT2D eigenvalue weighted by molar-refractivity contribution is 6.30. The van der Waals surface area contributed by atoms with Gasteiger partial charge in [-0.2, -0.15) is 0 Å². The lowest BCUT2D eigenvalue weighted by atomic mass is 10.1. The summed E-state index contributed by atoms with van der Waals surface area (Å²) < 4.78 is 0. The molecule has 0 radical (unpaired) electrons. The van der Waals surface area contributed by atoms with Crippen LogP contribution in [-0.2, 0) is 17.8 Å². The number of fused-ring (bicyclic) bond motifs is 1. The largest absolute Gasteiger partial charge is 0.352 e. The van der Waals surface area contributed by atoms with Crippen LogP contribution < -0.4 is 5.32 Å². The fraction of sp³-hybridized carbons (Fsp3) is 0.150. The topological polar surface area (TPSA) is 29.1 Å². The lowest BCUT2D eigenvalue weighted by molar-refractivity contribution is -0.121. The Morgan fingerprint density at radius 1 is 0.870 bits per heavy atom. The monoisotopic (exact) mass is 323 g/mol. The number of carbonyl (C=O) groups is 1. The lowest BCUT2D eigenvalue weighted by Gasteiger charge is -2.07. The Balaban J connectivity index is 1.52. The van der Waals surface area contributed by atoms with Crippen LogP contribution in [0.5, 0.6) is 0 Å². The van der Waals surface area contributed by atoms with Gasteiger partial charge in [-0.1, -0.05) is 60.1 Å². The van der Waals surface area contributed by atoms with Crippen molar-refractivity contribution in [2.75, 3.05) is 0 Å². The molecule has 3 heteroatoms. The molecule has 3 aromatic carbocycles. The van der Waals surface area contributed by atoms with Crippen molar-refractivity contribution in [1.82, 2.24) is 5.32 Å². The number of amides is 1. The second-order valence-electron chi connectivity index (χ2n) is 5.58. The molecule has 0 spiro atoms. The van der Waals surface area contributed by atoms with E-state index in [1.54, 1.807) is 0 Å². The Kier molecular flexibility index (Phi) is 4.94. The molecule has 0 saturated carbocycles. The van der Waals surface area contributed by atoms with E-state index in [1.807, 2.05) is 36.4 Å². The van der Waals surface area contributed by atoms with Gasteiger partial charge < -0.3 is 5.32 Å². The number of rotatable bonds is 5. The number of benzene rings is 3. The van der Waals surface area contributed by atoms with E-state index in [2.05, 4.69) is 35.6 Å². The van der Waals surface area contributed by atoms with Gasteiger partial charge in [-0.15, -0.1) is 0 Å². The molecule has 0 aliphatic carbocycles. The average molecular weight is 324 g/mol. The summed E-state index contributed by atoms with van der Waals surface area (Å²) in [7, 11) is 0. The maximum absolute atomic E-state index is 12.0. The van der Waals surface area contributed by atoms with Gasteiger partial charge in [0.15, 0.2) is 0 Å². The number of halogens is 1.